The topological polar surface area (TPSA) is 85.1 Å². The average Bonchev–Trinajstić information content (AvgIpc) is 2.26. The van der Waals surface area contributed by atoms with E-state index in [1.807, 2.05) is 0 Å². The van der Waals surface area contributed by atoms with Crippen LogP contribution in [-0.4, -0.2) is 17.3 Å². The number of allylic oxidation sites excluding steroid dienone is 2. The van der Waals surface area contributed by atoms with E-state index >= 15 is 0 Å². The fourth-order valence-electron chi connectivity index (χ4n) is 1.03. The zero-order chi connectivity index (χ0) is 11.3. The van der Waals surface area contributed by atoms with Gasteiger partial charge in [-0.2, -0.15) is 0 Å². The van der Waals surface area contributed by atoms with E-state index in [1.54, 1.807) is 37.6 Å². The molecule has 3 N–H and O–H groups in total. The van der Waals surface area contributed by atoms with Crippen LogP contribution in [0.4, 0.5) is 4.79 Å². The minimum atomic E-state index is -0.802. The Balaban J connectivity index is 3.06. The molecule has 0 aromatic carbocycles. The summed E-state index contributed by atoms with van der Waals surface area (Å²) >= 11 is 0. The highest BCUT2D eigenvalue weighted by Crippen LogP contribution is 2.12. The number of pyridine rings is 1. The van der Waals surface area contributed by atoms with E-state index in [2.05, 4.69) is 10.3 Å². The maximum Gasteiger partial charge on any atom is 0.316 e. The van der Waals surface area contributed by atoms with Crippen LogP contribution in [0.15, 0.2) is 30.1 Å². The zero-order valence-electron chi connectivity index (χ0n) is 8.15. The highest BCUT2D eigenvalue weighted by atomic mass is 16.2. The van der Waals surface area contributed by atoms with E-state index in [9.17, 15) is 9.59 Å². The first-order valence-corrected chi connectivity index (χ1v) is 4.22. The van der Waals surface area contributed by atoms with Gasteiger partial charge in [0.05, 0.1) is 11.4 Å². The first kappa shape index (κ1) is 10.9. The number of urea groups is 1. The smallest absolute Gasteiger partial charge is 0.316 e. The van der Waals surface area contributed by atoms with E-state index in [0.29, 0.717) is 11.3 Å². The summed E-state index contributed by atoms with van der Waals surface area (Å²) in [7, 11) is 0. The molecule has 0 aliphatic heterocycles. The molecule has 1 heterocycles. The first-order chi connectivity index (χ1) is 7.15. The Bertz CT molecular complexity index is 398. The molecule has 0 saturated carbocycles. The number of nitrogens with zero attached hydrogens (tertiary/aromatic N) is 1. The molecule has 0 bridgehead atoms. The van der Waals surface area contributed by atoms with Gasteiger partial charge in [0.15, 0.2) is 0 Å². The van der Waals surface area contributed by atoms with Crippen molar-refractivity contribution in [1.82, 2.24) is 10.3 Å². The molecule has 1 aromatic heterocycles. The largest absolute Gasteiger partial charge is 0.351 e. The fraction of sp³-hybridized carbons (Fsp3) is 0.100. The molecule has 5 nitrogen and oxygen atoms in total. The monoisotopic (exact) mass is 204 g/mol. The number of primary amides is 1. The molecular formula is C10H10N3O2. The summed E-state index contributed by atoms with van der Waals surface area (Å²) in [6.45, 7) is 1.65. The van der Waals surface area contributed by atoms with Gasteiger partial charge in [-0.25, -0.2) is 4.79 Å². The van der Waals surface area contributed by atoms with Crippen LogP contribution >= 0.6 is 0 Å². The van der Waals surface area contributed by atoms with Gasteiger partial charge in [0.1, 0.15) is 0 Å². The quantitative estimate of drug-likeness (QED) is 0.706. The lowest BCUT2D eigenvalue weighted by molar-refractivity contribution is 0.251. The molecule has 5 heteroatoms. The molecule has 0 aliphatic carbocycles. The van der Waals surface area contributed by atoms with Crippen LogP contribution in [-0.2, 0) is 4.79 Å². The number of amides is 2. The van der Waals surface area contributed by atoms with Gasteiger partial charge in [-0.1, -0.05) is 6.07 Å². The number of hydrogen-bond donors (Lipinski definition) is 2. The molecule has 1 radical (unpaired) electrons. The summed E-state index contributed by atoms with van der Waals surface area (Å²) < 4.78 is 0. The molecule has 0 spiro atoms. The molecule has 2 amide bonds. The lowest BCUT2D eigenvalue weighted by Crippen LogP contribution is -2.29. The van der Waals surface area contributed by atoms with Crippen LogP contribution in [0, 0.1) is 0 Å². The maximum absolute atomic E-state index is 10.6. The third kappa shape index (κ3) is 2.91. The number of nitrogens with one attached hydrogen (secondary N) is 1. The molecule has 15 heavy (non-hydrogen) atoms. The fourth-order valence-corrected chi connectivity index (χ4v) is 1.03. The second-order valence-electron chi connectivity index (χ2n) is 2.81. The Morgan fingerprint density at radius 2 is 2.27 bits per heavy atom. The number of rotatable bonds is 3. The van der Waals surface area contributed by atoms with Crippen LogP contribution in [0.3, 0.4) is 0 Å². The number of carbonyl (C=O) groups is 1. The van der Waals surface area contributed by atoms with Crippen molar-refractivity contribution in [3.8, 4) is 0 Å². The average molecular weight is 204 g/mol. The Morgan fingerprint density at radius 3 is 2.73 bits per heavy atom. The van der Waals surface area contributed by atoms with Crippen molar-refractivity contribution < 1.29 is 9.59 Å². The highest BCUT2D eigenvalue weighted by molar-refractivity contribution is 5.92. The number of aromatic nitrogens is 1. The molecular weight excluding hydrogens is 194 g/mol. The van der Waals surface area contributed by atoms with Crippen LogP contribution in [0.25, 0.3) is 5.57 Å². The Morgan fingerprint density at radius 1 is 1.53 bits per heavy atom. The standard InChI is InChI=1S/C10H10N3O2/c1-7(8-4-2-3-5-12-8)9(6-14)13-10(11)15/h2-5H,1H3,(H3,11,13,15). The van der Waals surface area contributed by atoms with Crippen molar-refractivity contribution in [2.24, 2.45) is 5.73 Å². The third-order valence-electron chi connectivity index (χ3n) is 1.77. The highest BCUT2D eigenvalue weighted by Gasteiger charge is 2.07. The Hall–Kier alpha value is -2.17. The summed E-state index contributed by atoms with van der Waals surface area (Å²) in [5.74, 6) is 0. The van der Waals surface area contributed by atoms with Gasteiger partial charge >= 0.3 is 6.03 Å². The summed E-state index contributed by atoms with van der Waals surface area (Å²) in [4.78, 5) is 25.2. The van der Waals surface area contributed by atoms with Crippen molar-refractivity contribution in [3.05, 3.63) is 35.8 Å². The molecule has 77 valence electrons. The zero-order valence-corrected chi connectivity index (χ0v) is 8.15. The Labute approximate surface area is 87.0 Å². The van der Waals surface area contributed by atoms with Gasteiger partial charge in [0.2, 0.25) is 0 Å². The molecule has 0 atom stereocenters. The van der Waals surface area contributed by atoms with Crippen molar-refractivity contribution in [2.75, 3.05) is 0 Å². The lowest BCUT2D eigenvalue weighted by atomic mass is 10.1. The van der Waals surface area contributed by atoms with E-state index in [1.165, 1.54) is 0 Å². The van der Waals surface area contributed by atoms with E-state index in [-0.39, 0.29) is 5.70 Å². The second-order valence-corrected chi connectivity index (χ2v) is 2.81. The minimum Gasteiger partial charge on any atom is -0.351 e. The van der Waals surface area contributed by atoms with Gasteiger partial charge in [0.25, 0.3) is 6.29 Å². The summed E-state index contributed by atoms with van der Waals surface area (Å²) in [6.07, 6.45) is 3.20. The molecule has 1 aromatic rings. The Kier molecular flexibility index (Phi) is 3.56. The molecule has 0 aliphatic rings. The number of nitrogens with two attached hydrogens (primary N) is 1. The van der Waals surface area contributed by atoms with Crippen LogP contribution in [0.5, 0.6) is 0 Å². The van der Waals surface area contributed by atoms with E-state index < -0.39 is 6.03 Å². The van der Waals surface area contributed by atoms with Gasteiger partial charge in [-0.3, -0.25) is 9.78 Å². The van der Waals surface area contributed by atoms with Crippen LogP contribution < -0.4 is 11.1 Å². The van der Waals surface area contributed by atoms with E-state index in [0.717, 1.165) is 0 Å². The predicted octanol–water partition coefficient (Wildman–Crippen LogP) is 0.591. The summed E-state index contributed by atoms with van der Waals surface area (Å²) in [5.41, 5.74) is 6.01. The summed E-state index contributed by atoms with van der Waals surface area (Å²) in [6, 6.07) is 4.44. The van der Waals surface area contributed by atoms with Gasteiger partial charge < -0.3 is 11.1 Å². The van der Waals surface area contributed by atoms with E-state index in [4.69, 9.17) is 5.73 Å². The molecule has 1 rings (SSSR count). The van der Waals surface area contributed by atoms with Crippen molar-refractivity contribution in [3.63, 3.8) is 0 Å². The normalized spacial score (nSPS) is 11.5. The minimum absolute atomic E-state index is 0.00111. The third-order valence-corrected chi connectivity index (χ3v) is 1.77. The van der Waals surface area contributed by atoms with Crippen LogP contribution in [0.1, 0.15) is 12.6 Å². The predicted molar refractivity (Wildman–Crippen MR) is 55.2 cm³/mol. The molecule has 0 fully saturated rings. The number of hydrogen-bond acceptors (Lipinski definition) is 3. The number of carbonyl (C=O) groups excluding carboxylic acids is 2. The van der Waals surface area contributed by atoms with Gasteiger partial charge in [-0.05, 0) is 19.1 Å². The van der Waals surface area contributed by atoms with Crippen molar-refractivity contribution >= 4 is 17.9 Å². The first-order valence-electron chi connectivity index (χ1n) is 4.22. The molecule has 0 unspecified atom stereocenters. The van der Waals surface area contributed by atoms with Crippen molar-refractivity contribution in [2.45, 2.75) is 6.92 Å². The second kappa shape index (κ2) is 4.90. The molecule has 0 saturated heterocycles. The maximum atomic E-state index is 10.6. The van der Waals surface area contributed by atoms with Gasteiger partial charge in [0, 0.05) is 11.8 Å². The SMILES string of the molecule is CC(=C([C]=O)NC(N)=O)c1ccccn1. The van der Waals surface area contributed by atoms with Crippen LogP contribution in [0.2, 0.25) is 0 Å². The summed E-state index contributed by atoms with van der Waals surface area (Å²) in [5, 5.41) is 2.18. The van der Waals surface area contributed by atoms with Crippen molar-refractivity contribution in [1.29, 1.82) is 0 Å². The van der Waals surface area contributed by atoms with Gasteiger partial charge in [-0.15, -0.1) is 0 Å². The lowest BCUT2D eigenvalue weighted by Gasteiger charge is -2.05.